The van der Waals surface area contributed by atoms with E-state index in [0.29, 0.717) is 13.1 Å². The first-order chi connectivity index (χ1) is 13.4. The largest absolute Gasteiger partial charge is 0.352 e. The van der Waals surface area contributed by atoms with Crippen molar-refractivity contribution in [3.63, 3.8) is 0 Å². The van der Waals surface area contributed by atoms with Gasteiger partial charge in [0.1, 0.15) is 5.82 Å². The number of aromatic nitrogens is 2. The van der Waals surface area contributed by atoms with Crippen LogP contribution in [-0.2, 0) is 29.7 Å². The minimum absolute atomic E-state index is 0.146. The average Bonchev–Trinajstić information content (AvgIpc) is 3.01. The Kier molecular flexibility index (Phi) is 5.77. The van der Waals surface area contributed by atoms with Gasteiger partial charge >= 0.3 is 5.69 Å². The van der Waals surface area contributed by atoms with Gasteiger partial charge in [-0.3, -0.25) is 23.5 Å². The number of anilines is 1. The smallest absolute Gasteiger partial charge is 0.332 e. The van der Waals surface area contributed by atoms with Crippen molar-refractivity contribution < 1.29 is 9.59 Å². The fourth-order valence-electron chi connectivity index (χ4n) is 3.35. The molecule has 0 saturated heterocycles. The Balaban J connectivity index is 1.84. The highest BCUT2D eigenvalue weighted by atomic mass is 16.2. The quantitative estimate of drug-likeness (QED) is 0.746. The van der Waals surface area contributed by atoms with Crippen molar-refractivity contribution in [3.05, 3.63) is 62.3 Å². The minimum Gasteiger partial charge on any atom is -0.352 e. The molecule has 28 heavy (non-hydrogen) atoms. The van der Waals surface area contributed by atoms with Crippen LogP contribution in [0.3, 0.4) is 0 Å². The SMILES string of the molecule is CCCCn1c2c(c(=O)n(C)c1=O)[C@H](CC(=O)NCc1ccccc1)C(=O)N2. The van der Waals surface area contributed by atoms with Gasteiger partial charge in [-0.2, -0.15) is 0 Å². The third kappa shape index (κ3) is 3.76. The molecule has 1 aromatic heterocycles. The van der Waals surface area contributed by atoms with E-state index in [1.807, 2.05) is 37.3 Å². The summed E-state index contributed by atoms with van der Waals surface area (Å²) in [6.07, 6.45) is 1.46. The normalized spacial score (nSPS) is 15.2. The van der Waals surface area contributed by atoms with Crippen LogP contribution in [0, 0.1) is 0 Å². The van der Waals surface area contributed by atoms with Gasteiger partial charge in [-0.25, -0.2) is 4.79 Å². The molecule has 1 aromatic carbocycles. The van der Waals surface area contributed by atoms with Crippen molar-refractivity contribution in [2.45, 2.75) is 45.2 Å². The van der Waals surface area contributed by atoms with E-state index in [0.717, 1.165) is 23.0 Å². The number of amides is 2. The Hall–Kier alpha value is -3.16. The van der Waals surface area contributed by atoms with Crippen LogP contribution in [0.1, 0.15) is 43.2 Å². The lowest BCUT2D eigenvalue weighted by atomic mass is 9.99. The summed E-state index contributed by atoms with van der Waals surface area (Å²) in [4.78, 5) is 50.0. The van der Waals surface area contributed by atoms with E-state index >= 15 is 0 Å². The maximum absolute atomic E-state index is 12.6. The van der Waals surface area contributed by atoms with Crippen molar-refractivity contribution in [1.29, 1.82) is 0 Å². The summed E-state index contributed by atoms with van der Waals surface area (Å²) in [6.45, 7) is 2.74. The van der Waals surface area contributed by atoms with Gasteiger partial charge in [-0.15, -0.1) is 0 Å². The molecular weight excluding hydrogens is 360 g/mol. The van der Waals surface area contributed by atoms with Gasteiger partial charge in [0, 0.05) is 26.6 Å². The summed E-state index contributed by atoms with van der Waals surface area (Å²) >= 11 is 0. The van der Waals surface area contributed by atoms with Crippen LogP contribution in [0.15, 0.2) is 39.9 Å². The fraction of sp³-hybridized carbons (Fsp3) is 0.400. The van der Waals surface area contributed by atoms with Crippen LogP contribution in [-0.4, -0.2) is 20.9 Å². The number of nitrogens with one attached hydrogen (secondary N) is 2. The van der Waals surface area contributed by atoms with Crippen LogP contribution < -0.4 is 21.9 Å². The Morgan fingerprint density at radius 1 is 1.18 bits per heavy atom. The zero-order valence-electron chi connectivity index (χ0n) is 16.0. The maximum atomic E-state index is 12.6. The highest BCUT2D eigenvalue weighted by Crippen LogP contribution is 2.31. The third-order valence-corrected chi connectivity index (χ3v) is 4.94. The molecule has 148 valence electrons. The van der Waals surface area contributed by atoms with Gasteiger partial charge in [0.05, 0.1) is 11.5 Å². The molecule has 1 aliphatic rings. The standard InChI is InChI=1S/C20H24N4O4/c1-3-4-10-24-17-16(19(27)23(2)20(24)28)14(18(26)22-17)11-15(25)21-12-13-8-6-5-7-9-13/h5-9,14H,3-4,10-12H2,1-2H3,(H,21,25)(H,22,26)/t14-/m0/s1. The molecule has 3 rings (SSSR count). The van der Waals surface area contributed by atoms with Crippen LogP contribution in [0.2, 0.25) is 0 Å². The van der Waals surface area contributed by atoms with Crippen LogP contribution in [0.4, 0.5) is 5.82 Å². The first-order valence-electron chi connectivity index (χ1n) is 9.39. The molecule has 2 N–H and O–H groups in total. The summed E-state index contributed by atoms with van der Waals surface area (Å²) < 4.78 is 2.42. The average molecular weight is 384 g/mol. The summed E-state index contributed by atoms with van der Waals surface area (Å²) in [5.74, 6) is -1.44. The van der Waals surface area contributed by atoms with Gasteiger partial charge in [0.2, 0.25) is 11.8 Å². The summed E-state index contributed by atoms with van der Waals surface area (Å²) in [7, 11) is 1.39. The van der Waals surface area contributed by atoms with Crippen LogP contribution in [0.5, 0.6) is 0 Å². The summed E-state index contributed by atoms with van der Waals surface area (Å²) in [6, 6.07) is 9.42. The maximum Gasteiger partial charge on any atom is 0.332 e. The Bertz CT molecular complexity index is 1010. The van der Waals surface area contributed by atoms with Crippen LogP contribution in [0.25, 0.3) is 0 Å². The monoisotopic (exact) mass is 384 g/mol. The molecule has 0 aliphatic carbocycles. The zero-order valence-corrected chi connectivity index (χ0v) is 16.0. The Morgan fingerprint density at radius 2 is 1.89 bits per heavy atom. The molecule has 2 aromatic rings. The van der Waals surface area contributed by atoms with Gasteiger partial charge < -0.3 is 10.6 Å². The molecule has 2 heterocycles. The summed E-state index contributed by atoms with van der Waals surface area (Å²) in [5, 5.41) is 5.42. The van der Waals surface area contributed by atoms with Gasteiger partial charge in [-0.05, 0) is 12.0 Å². The van der Waals surface area contributed by atoms with E-state index in [9.17, 15) is 19.2 Å². The van der Waals surface area contributed by atoms with Crippen molar-refractivity contribution >= 4 is 17.6 Å². The molecule has 0 radical (unpaired) electrons. The van der Waals surface area contributed by atoms with E-state index < -0.39 is 23.1 Å². The second kappa shape index (κ2) is 8.24. The highest BCUT2D eigenvalue weighted by Gasteiger charge is 2.38. The molecule has 0 bridgehead atoms. The van der Waals surface area contributed by atoms with Crippen LogP contribution >= 0.6 is 0 Å². The first kappa shape index (κ1) is 19.6. The molecule has 0 spiro atoms. The number of unbranched alkanes of at least 4 members (excludes halogenated alkanes) is 1. The zero-order chi connectivity index (χ0) is 20.3. The fourth-order valence-corrected chi connectivity index (χ4v) is 3.35. The molecule has 0 saturated carbocycles. The highest BCUT2D eigenvalue weighted by molar-refractivity contribution is 6.03. The topological polar surface area (TPSA) is 102 Å². The number of nitrogens with zero attached hydrogens (tertiary/aromatic N) is 2. The lowest BCUT2D eigenvalue weighted by molar-refractivity contribution is -0.125. The molecule has 8 heteroatoms. The third-order valence-electron chi connectivity index (χ3n) is 4.94. The predicted molar refractivity (Wildman–Crippen MR) is 105 cm³/mol. The van der Waals surface area contributed by atoms with Crippen molar-refractivity contribution in [2.24, 2.45) is 7.05 Å². The van der Waals surface area contributed by atoms with Gasteiger partial charge in [0.25, 0.3) is 5.56 Å². The first-order valence-corrected chi connectivity index (χ1v) is 9.39. The lowest BCUT2D eigenvalue weighted by Crippen LogP contribution is -2.40. The molecular formula is C20H24N4O4. The van der Waals surface area contributed by atoms with E-state index in [4.69, 9.17) is 0 Å². The predicted octanol–water partition coefficient (Wildman–Crippen LogP) is 1.09. The summed E-state index contributed by atoms with van der Waals surface area (Å²) in [5.41, 5.74) is 0.133. The Labute approximate surface area is 162 Å². The second-order valence-corrected chi connectivity index (χ2v) is 6.92. The van der Waals surface area contributed by atoms with Gasteiger partial charge in [-0.1, -0.05) is 43.7 Å². The number of hydrogen-bond acceptors (Lipinski definition) is 4. The molecule has 1 atom stereocenters. The molecule has 0 fully saturated rings. The van der Waals surface area contributed by atoms with Crippen molar-refractivity contribution in [2.75, 3.05) is 5.32 Å². The number of hydrogen-bond donors (Lipinski definition) is 2. The number of fused-ring (bicyclic) bond motifs is 1. The van der Waals surface area contributed by atoms with E-state index in [2.05, 4.69) is 10.6 Å². The number of carbonyl (C=O) groups excluding carboxylic acids is 2. The molecule has 8 nitrogen and oxygen atoms in total. The van der Waals surface area contributed by atoms with Crippen molar-refractivity contribution in [1.82, 2.24) is 14.5 Å². The molecule has 2 amide bonds. The number of rotatable bonds is 7. The molecule has 1 aliphatic heterocycles. The van der Waals surface area contributed by atoms with E-state index in [-0.39, 0.29) is 23.7 Å². The Morgan fingerprint density at radius 3 is 2.57 bits per heavy atom. The lowest BCUT2D eigenvalue weighted by Gasteiger charge is -2.13. The van der Waals surface area contributed by atoms with Crippen molar-refractivity contribution in [3.8, 4) is 0 Å². The van der Waals surface area contributed by atoms with E-state index in [1.165, 1.54) is 11.6 Å². The molecule has 0 unspecified atom stereocenters. The number of benzene rings is 1. The number of carbonyl (C=O) groups is 2. The van der Waals surface area contributed by atoms with Gasteiger partial charge in [0.15, 0.2) is 0 Å². The second-order valence-electron chi connectivity index (χ2n) is 6.92. The minimum atomic E-state index is -0.905. The van der Waals surface area contributed by atoms with E-state index in [1.54, 1.807) is 0 Å².